The zero-order chi connectivity index (χ0) is 21.6. The number of carbonyl (C=O) groups is 3. The third-order valence-corrected chi connectivity index (χ3v) is 4.37. The fraction of sp³-hybridized carbons (Fsp3) is 0.389. The third kappa shape index (κ3) is 5.51. The van der Waals surface area contributed by atoms with Gasteiger partial charge >= 0.3 is 11.9 Å². The first-order chi connectivity index (χ1) is 13.8. The lowest BCUT2D eigenvalue weighted by molar-refractivity contribution is -0.384. The molecule has 0 radical (unpaired) electrons. The zero-order valence-electron chi connectivity index (χ0n) is 16.3. The minimum atomic E-state index is -0.915. The molecule has 1 aromatic rings. The molecule has 11 nitrogen and oxygen atoms in total. The summed E-state index contributed by atoms with van der Waals surface area (Å²) in [4.78, 5) is 50.5. The summed E-state index contributed by atoms with van der Waals surface area (Å²) in [5, 5.41) is 14.0. The Morgan fingerprint density at radius 1 is 1.14 bits per heavy atom. The fourth-order valence-corrected chi connectivity index (χ4v) is 2.69. The number of ether oxygens (including phenoxy) is 2. The van der Waals surface area contributed by atoms with Crippen molar-refractivity contribution in [2.45, 2.75) is 0 Å². The van der Waals surface area contributed by atoms with E-state index in [1.54, 1.807) is 4.90 Å². The van der Waals surface area contributed by atoms with E-state index in [1.165, 1.54) is 12.1 Å². The second-order valence-electron chi connectivity index (χ2n) is 6.28. The van der Waals surface area contributed by atoms with E-state index in [9.17, 15) is 24.5 Å². The Morgan fingerprint density at radius 3 is 2.34 bits per heavy atom. The lowest BCUT2D eigenvalue weighted by Gasteiger charge is -2.32. The number of hydrogen-bond donors (Lipinski definition) is 1. The van der Waals surface area contributed by atoms with Gasteiger partial charge in [0, 0.05) is 37.8 Å². The number of carbonyl (C=O) groups excluding carboxylic acids is 3. The van der Waals surface area contributed by atoms with Gasteiger partial charge in [0.1, 0.15) is 11.4 Å². The summed E-state index contributed by atoms with van der Waals surface area (Å²) in [6.07, 6.45) is 0.818. The molecule has 1 aliphatic rings. The summed E-state index contributed by atoms with van der Waals surface area (Å²) in [5.74, 6) is -2.07. The van der Waals surface area contributed by atoms with Gasteiger partial charge in [-0.3, -0.25) is 14.9 Å². The fourth-order valence-electron chi connectivity index (χ4n) is 2.69. The molecule has 29 heavy (non-hydrogen) atoms. The molecule has 156 valence electrons. The van der Waals surface area contributed by atoms with Crippen LogP contribution in [0.3, 0.4) is 0 Å². The number of rotatable bonds is 6. The van der Waals surface area contributed by atoms with Crippen LogP contribution in [-0.2, 0) is 19.1 Å². The van der Waals surface area contributed by atoms with Crippen LogP contribution in [0.5, 0.6) is 0 Å². The molecule has 0 saturated carbocycles. The highest BCUT2D eigenvalue weighted by molar-refractivity contribution is 6.00. The highest BCUT2D eigenvalue weighted by atomic mass is 16.6. The van der Waals surface area contributed by atoms with Gasteiger partial charge in [0.15, 0.2) is 0 Å². The van der Waals surface area contributed by atoms with Gasteiger partial charge in [0.05, 0.1) is 25.2 Å². The zero-order valence-corrected chi connectivity index (χ0v) is 16.3. The van der Waals surface area contributed by atoms with Crippen molar-refractivity contribution in [1.29, 1.82) is 0 Å². The van der Waals surface area contributed by atoms with E-state index in [1.807, 2.05) is 7.05 Å². The van der Waals surface area contributed by atoms with Crippen LogP contribution in [0.4, 0.5) is 11.4 Å². The van der Waals surface area contributed by atoms with Gasteiger partial charge in [-0.15, -0.1) is 0 Å². The lowest BCUT2D eigenvalue weighted by atomic mass is 10.1. The van der Waals surface area contributed by atoms with Crippen molar-refractivity contribution in [3.63, 3.8) is 0 Å². The standard InChI is InChI=1S/C18H22N4O7/c1-20-6-8-21(9-7-20)17(24)12-4-5-13(15(10-12)22(26)27)19-14(18(25)29-3)11-16(23)28-2/h4-5,10-11,19H,6-9H2,1-3H3/b14-11+. The second-order valence-corrected chi connectivity index (χ2v) is 6.28. The monoisotopic (exact) mass is 406 g/mol. The van der Waals surface area contributed by atoms with Crippen molar-refractivity contribution >= 4 is 29.2 Å². The number of benzene rings is 1. The molecule has 0 bridgehead atoms. The highest BCUT2D eigenvalue weighted by Crippen LogP contribution is 2.28. The van der Waals surface area contributed by atoms with Crippen molar-refractivity contribution in [3.8, 4) is 0 Å². The van der Waals surface area contributed by atoms with Crippen LogP contribution in [0.2, 0.25) is 0 Å². The Bertz CT molecular complexity index is 845. The van der Waals surface area contributed by atoms with Gasteiger partial charge in [-0.05, 0) is 19.2 Å². The second kappa shape index (κ2) is 9.64. The van der Waals surface area contributed by atoms with E-state index >= 15 is 0 Å². The van der Waals surface area contributed by atoms with Crippen molar-refractivity contribution in [2.24, 2.45) is 0 Å². The summed E-state index contributed by atoms with van der Waals surface area (Å²) in [6.45, 7) is 2.48. The summed E-state index contributed by atoms with van der Waals surface area (Å²) in [6, 6.07) is 3.86. The smallest absolute Gasteiger partial charge is 0.354 e. The maximum atomic E-state index is 12.7. The SMILES string of the molecule is COC(=O)/C=C(/Nc1ccc(C(=O)N2CCN(C)CC2)cc1[N+](=O)[O-])C(=O)OC. The van der Waals surface area contributed by atoms with Gasteiger partial charge in [-0.1, -0.05) is 0 Å². The predicted molar refractivity (Wildman–Crippen MR) is 102 cm³/mol. The molecule has 2 rings (SSSR count). The van der Waals surface area contributed by atoms with Crippen LogP contribution in [0, 0.1) is 10.1 Å². The maximum Gasteiger partial charge on any atom is 0.354 e. The number of nitrogens with zero attached hydrogens (tertiary/aromatic N) is 3. The first-order valence-corrected chi connectivity index (χ1v) is 8.68. The number of nitro groups is 1. The molecule has 1 heterocycles. The van der Waals surface area contributed by atoms with Crippen LogP contribution in [0.15, 0.2) is 30.0 Å². The van der Waals surface area contributed by atoms with Crippen molar-refractivity contribution in [2.75, 3.05) is 52.8 Å². The quantitative estimate of drug-likeness (QED) is 0.313. The normalized spacial score (nSPS) is 14.9. The summed E-state index contributed by atoms with van der Waals surface area (Å²) in [7, 11) is 4.17. The molecule has 0 spiro atoms. The van der Waals surface area contributed by atoms with E-state index < -0.39 is 22.5 Å². The van der Waals surface area contributed by atoms with Crippen molar-refractivity contribution < 1.29 is 28.8 Å². The number of nitrogens with one attached hydrogen (secondary N) is 1. The number of hydrogen-bond acceptors (Lipinski definition) is 9. The van der Waals surface area contributed by atoms with Crippen molar-refractivity contribution in [1.82, 2.24) is 9.80 Å². The minimum Gasteiger partial charge on any atom is -0.466 e. The molecule has 1 fully saturated rings. The molecule has 0 atom stereocenters. The number of nitro benzene ring substituents is 1. The Kier molecular flexibility index (Phi) is 7.26. The Labute approximate surface area is 167 Å². The third-order valence-electron chi connectivity index (χ3n) is 4.37. The number of amides is 1. The highest BCUT2D eigenvalue weighted by Gasteiger charge is 2.25. The minimum absolute atomic E-state index is 0.0783. The Morgan fingerprint density at radius 2 is 1.79 bits per heavy atom. The topological polar surface area (TPSA) is 131 Å². The van der Waals surface area contributed by atoms with Crippen LogP contribution >= 0.6 is 0 Å². The van der Waals surface area contributed by atoms with E-state index in [-0.39, 0.29) is 22.9 Å². The van der Waals surface area contributed by atoms with E-state index in [0.29, 0.717) is 26.2 Å². The summed E-state index contributed by atoms with van der Waals surface area (Å²) in [5.41, 5.74) is -0.695. The van der Waals surface area contributed by atoms with E-state index in [4.69, 9.17) is 0 Å². The van der Waals surface area contributed by atoms with Crippen molar-refractivity contribution in [3.05, 3.63) is 45.6 Å². The molecule has 1 aliphatic heterocycles. The molecule has 0 unspecified atom stereocenters. The number of piperazine rings is 1. The van der Waals surface area contributed by atoms with Gasteiger partial charge in [-0.25, -0.2) is 9.59 Å². The van der Waals surface area contributed by atoms with Gasteiger partial charge in [-0.2, -0.15) is 0 Å². The number of esters is 2. The number of anilines is 1. The Balaban J connectivity index is 2.32. The molecular formula is C18H22N4O7. The number of methoxy groups -OCH3 is 2. The summed E-state index contributed by atoms with van der Waals surface area (Å²) >= 11 is 0. The maximum absolute atomic E-state index is 12.7. The van der Waals surface area contributed by atoms with E-state index in [2.05, 4.69) is 19.7 Å². The van der Waals surface area contributed by atoms with Gasteiger partial charge < -0.3 is 24.6 Å². The largest absolute Gasteiger partial charge is 0.466 e. The van der Waals surface area contributed by atoms with Gasteiger partial charge in [0.25, 0.3) is 11.6 Å². The van der Waals surface area contributed by atoms with Crippen LogP contribution in [0.25, 0.3) is 0 Å². The van der Waals surface area contributed by atoms with Gasteiger partial charge in [0.2, 0.25) is 0 Å². The predicted octanol–water partition coefficient (Wildman–Crippen LogP) is 0.624. The Hall–Kier alpha value is -3.47. The molecule has 1 saturated heterocycles. The molecule has 1 aromatic carbocycles. The molecular weight excluding hydrogens is 384 g/mol. The molecule has 1 amide bonds. The lowest BCUT2D eigenvalue weighted by Crippen LogP contribution is -2.47. The van der Waals surface area contributed by atoms with Crippen LogP contribution in [-0.4, -0.2) is 80.0 Å². The summed E-state index contributed by atoms with van der Waals surface area (Å²) < 4.78 is 9.03. The first kappa shape index (κ1) is 21.8. The van der Waals surface area contributed by atoms with E-state index in [0.717, 1.165) is 26.4 Å². The molecule has 0 aromatic heterocycles. The molecule has 1 N–H and O–H groups in total. The average molecular weight is 406 g/mol. The molecule has 0 aliphatic carbocycles. The average Bonchev–Trinajstić information content (AvgIpc) is 2.72. The number of likely N-dealkylation sites (N-methyl/N-ethyl adjacent to an activating group) is 1. The molecule has 11 heteroatoms. The van der Waals surface area contributed by atoms with Crippen LogP contribution in [0.1, 0.15) is 10.4 Å². The first-order valence-electron chi connectivity index (χ1n) is 8.68. The van der Waals surface area contributed by atoms with Crippen LogP contribution < -0.4 is 5.32 Å².